The first kappa shape index (κ1) is 34.8. The number of para-hydroxylation sites is 1. The number of nitrogens with zero attached hydrogens (tertiary/aromatic N) is 4. The molecule has 5 rings (SSSR count). The van der Waals surface area contributed by atoms with Gasteiger partial charge in [-0.15, -0.1) is 0 Å². The first-order valence-electron chi connectivity index (χ1n) is 15.4. The highest BCUT2D eigenvalue weighted by Gasteiger charge is 2.34. The van der Waals surface area contributed by atoms with Crippen LogP contribution in [0, 0.1) is 11.8 Å². The van der Waals surface area contributed by atoms with E-state index in [9.17, 15) is 9.59 Å². The Balaban J connectivity index is 1.39. The molecule has 0 unspecified atom stereocenters. The smallest absolute Gasteiger partial charge is 0.408 e. The number of ether oxygens (including phenoxy) is 3. The van der Waals surface area contributed by atoms with Crippen LogP contribution in [0.15, 0.2) is 53.6 Å². The number of fused-ring (bicyclic) bond motifs is 1. The quantitative estimate of drug-likeness (QED) is 0.203. The fourth-order valence-corrected chi connectivity index (χ4v) is 6.00. The molecule has 11 nitrogen and oxygen atoms in total. The van der Waals surface area contributed by atoms with Gasteiger partial charge >= 0.3 is 6.09 Å². The van der Waals surface area contributed by atoms with E-state index in [0.29, 0.717) is 51.3 Å². The molecule has 3 heterocycles. The lowest BCUT2D eigenvalue weighted by Gasteiger charge is -2.41. The monoisotopic (exact) mass is 692 g/mol. The first-order valence-corrected chi connectivity index (χ1v) is 16.1. The zero-order chi connectivity index (χ0) is 34.6. The zero-order valence-electron chi connectivity index (χ0n) is 27.7. The van der Waals surface area contributed by atoms with Crippen LogP contribution in [-0.4, -0.2) is 65.7 Å². The number of anilines is 3. The fraction of sp³-hybridized carbons (Fsp3) is 0.371. The molecule has 0 aliphatic carbocycles. The van der Waals surface area contributed by atoms with Crippen LogP contribution in [-0.2, 0) is 9.47 Å². The number of amides is 1. The summed E-state index contributed by atoms with van der Waals surface area (Å²) in [5.41, 5.74) is 1.45. The summed E-state index contributed by atoms with van der Waals surface area (Å²) in [4.78, 5) is 37.4. The van der Waals surface area contributed by atoms with E-state index in [-0.39, 0.29) is 23.5 Å². The molecule has 2 aromatic carbocycles. The summed E-state index contributed by atoms with van der Waals surface area (Å²) >= 11 is 12.9. The highest BCUT2D eigenvalue weighted by Crippen LogP contribution is 2.36. The summed E-state index contributed by atoms with van der Waals surface area (Å²) in [6.45, 7) is 9.20. The molecule has 252 valence electrons. The summed E-state index contributed by atoms with van der Waals surface area (Å²) in [5, 5.41) is 7.14. The van der Waals surface area contributed by atoms with Crippen molar-refractivity contribution in [3.63, 3.8) is 0 Å². The van der Waals surface area contributed by atoms with Gasteiger partial charge in [0.1, 0.15) is 18.0 Å². The number of carbonyl (C=O) groups excluding carboxylic acids is 1. The van der Waals surface area contributed by atoms with E-state index in [1.807, 2.05) is 45.9 Å². The molecule has 1 fully saturated rings. The molecular weight excluding hydrogens is 655 g/mol. The summed E-state index contributed by atoms with van der Waals surface area (Å²) in [6.07, 6.45) is 4.09. The van der Waals surface area contributed by atoms with Gasteiger partial charge in [-0.2, -0.15) is 0 Å². The molecular formula is C35H38Cl2N6O5. The Labute approximate surface area is 289 Å². The van der Waals surface area contributed by atoms with E-state index in [1.54, 1.807) is 38.6 Å². The Morgan fingerprint density at radius 2 is 1.81 bits per heavy atom. The molecule has 1 saturated heterocycles. The van der Waals surface area contributed by atoms with Crippen LogP contribution < -0.4 is 25.8 Å². The highest BCUT2D eigenvalue weighted by atomic mass is 35.5. The number of nitrogens with one attached hydrogen (secondary N) is 2. The molecule has 0 bridgehead atoms. The summed E-state index contributed by atoms with van der Waals surface area (Å²) in [6, 6.07) is 10.8. The van der Waals surface area contributed by atoms with E-state index in [1.165, 1.54) is 10.8 Å². The van der Waals surface area contributed by atoms with E-state index < -0.39 is 17.3 Å². The summed E-state index contributed by atoms with van der Waals surface area (Å²) in [7, 11) is 3.17. The molecule has 4 aromatic rings. The van der Waals surface area contributed by atoms with Gasteiger partial charge in [0.15, 0.2) is 0 Å². The van der Waals surface area contributed by atoms with E-state index in [2.05, 4.69) is 37.3 Å². The van der Waals surface area contributed by atoms with Gasteiger partial charge in [-0.05, 0) is 64.8 Å². The topological polar surface area (TPSA) is 120 Å². The summed E-state index contributed by atoms with van der Waals surface area (Å²) in [5.74, 6) is 6.91. The van der Waals surface area contributed by atoms with Gasteiger partial charge in [-0.1, -0.05) is 41.1 Å². The number of hydrogen-bond donors (Lipinski definition) is 2. The Hall–Kier alpha value is -4.50. The lowest BCUT2D eigenvalue weighted by Crippen LogP contribution is -2.54. The lowest BCUT2D eigenvalue weighted by atomic mass is 9.89. The number of hydrogen-bond acceptors (Lipinski definition) is 9. The van der Waals surface area contributed by atoms with Gasteiger partial charge in [-0.3, -0.25) is 9.36 Å². The number of methoxy groups -OCH3 is 2. The van der Waals surface area contributed by atoms with Crippen molar-refractivity contribution in [1.82, 2.24) is 19.9 Å². The predicted molar refractivity (Wildman–Crippen MR) is 189 cm³/mol. The van der Waals surface area contributed by atoms with Crippen LogP contribution in [0.25, 0.3) is 16.6 Å². The Bertz CT molecular complexity index is 1940. The van der Waals surface area contributed by atoms with Crippen LogP contribution in [0.2, 0.25) is 10.0 Å². The molecule has 1 aliphatic rings. The zero-order valence-corrected chi connectivity index (χ0v) is 29.3. The molecule has 0 atom stereocenters. The van der Waals surface area contributed by atoms with Gasteiger partial charge in [0.25, 0.3) is 5.56 Å². The first-order chi connectivity index (χ1) is 22.8. The molecule has 0 spiro atoms. The third kappa shape index (κ3) is 7.96. The fourth-order valence-electron chi connectivity index (χ4n) is 5.42. The number of piperidine rings is 1. The molecule has 1 amide bonds. The van der Waals surface area contributed by atoms with Gasteiger partial charge < -0.3 is 29.7 Å². The standard InChI is InChI=1S/C35H38Cl2N6O5/c1-34(2,3)48-33(45)41-35(4)14-16-42(17-15-35)27-13-12-23(19-28(27)47-6)39-32-38-20-24-29(40-32)22(9-8-18-46-5)21-43(31(24)44)30-25(36)10-7-11-26(30)37/h7,10-13,19-21H,14-18H2,1-6H3,(H,41,45)(H,38,39,40). The van der Waals surface area contributed by atoms with Gasteiger partial charge in [0, 0.05) is 49.9 Å². The molecule has 2 N–H and O–H groups in total. The van der Waals surface area contributed by atoms with Crippen molar-refractivity contribution in [2.24, 2.45) is 0 Å². The minimum Gasteiger partial charge on any atom is -0.495 e. The number of rotatable bonds is 7. The third-order valence-corrected chi connectivity index (χ3v) is 8.43. The number of benzene rings is 2. The normalized spacial score (nSPS) is 14.2. The van der Waals surface area contributed by atoms with Crippen molar-refractivity contribution in [2.75, 3.05) is 44.1 Å². The molecule has 2 aromatic heterocycles. The van der Waals surface area contributed by atoms with Crippen molar-refractivity contribution in [3.05, 3.63) is 74.8 Å². The SMILES string of the molecule is COCC#Cc1cn(-c2c(Cl)cccc2Cl)c(=O)c2cnc(Nc3ccc(N4CCC(C)(NC(=O)OC(C)(C)C)CC4)c(OC)c3)nc12. The average Bonchev–Trinajstić information content (AvgIpc) is 3.02. The predicted octanol–water partition coefficient (Wildman–Crippen LogP) is 6.72. The third-order valence-electron chi connectivity index (χ3n) is 7.82. The molecule has 1 aliphatic heterocycles. The van der Waals surface area contributed by atoms with Crippen molar-refractivity contribution in [1.29, 1.82) is 0 Å². The summed E-state index contributed by atoms with van der Waals surface area (Å²) < 4.78 is 17.7. The highest BCUT2D eigenvalue weighted by molar-refractivity contribution is 6.37. The van der Waals surface area contributed by atoms with Gasteiger partial charge in [0.05, 0.1) is 45.0 Å². The maximum Gasteiger partial charge on any atom is 0.408 e. The Morgan fingerprint density at radius 1 is 1.10 bits per heavy atom. The lowest BCUT2D eigenvalue weighted by molar-refractivity contribution is 0.0448. The minimum atomic E-state index is -0.559. The molecule has 48 heavy (non-hydrogen) atoms. The Morgan fingerprint density at radius 3 is 2.46 bits per heavy atom. The van der Waals surface area contributed by atoms with E-state index in [4.69, 9.17) is 37.4 Å². The number of pyridine rings is 1. The van der Waals surface area contributed by atoms with Crippen LogP contribution in [0.1, 0.15) is 46.1 Å². The number of halogens is 2. The minimum absolute atomic E-state index is 0.187. The second-order valence-corrected chi connectivity index (χ2v) is 13.5. The molecule has 0 saturated carbocycles. The van der Waals surface area contributed by atoms with Gasteiger partial charge in [0.2, 0.25) is 5.95 Å². The maximum atomic E-state index is 13.6. The average molecular weight is 694 g/mol. The van der Waals surface area contributed by atoms with E-state index >= 15 is 0 Å². The van der Waals surface area contributed by atoms with Crippen molar-refractivity contribution < 1.29 is 19.0 Å². The van der Waals surface area contributed by atoms with Crippen LogP contribution >= 0.6 is 23.2 Å². The molecule has 0 radical (unpaired) electrons. The number of alkyl carbamates (subject to hydrolysis) is 1. The van der Waals surface area contributed by atoms with Crippen LogP contribution in [0.4, 0.5) is 22.1 Å². The van der Waals surface area contributed by atoms with Crippen molar-refractivity contribution in [2.45, 2.75) is 51.7 Å². The number of aromatic nitrogens is 3. The number of carbonyl (C=O) groups is 1. The maximum absolute atomic E-state index is 13.6. The van der Waals surface area contributed by atoms with E-state index in [0.717, 1.165) is 18.5 Å². The second-order valence-electron chi connectivity index (χ2n) is 12.7. The Kier molecular flexibility index (Phi) is 10.4. The largest absolute Gasteiger partial charge is 0.495 e. The van der Waals surface area contributed by atoms with Crippen LogP contribution in [0.5, 0.6) is 5.75 Å². The van der Waals surface area contributed by atoms with Gasteiger partial charge in [-0.25, -0.2) is 14.8 Å². The second kappa shape index (κ2) is 14.3. The van der Waals surface area contributed by atoms with Crippen molar-refractivity contribution in [3.8, 4) is 23.3 Å². The molecule has 13 heteroatoms. The van der Waals surface area contributed by atoms with Crippen LogP contribution in [0.3, 0.4) is 0 Å². The van der Waals surface area contributed by atoms with Crippen molar-refractivity contribution >= 4 is 57.5 Å².